The van der Waals surface area contributed by atoms with E-state index in [2.05, 4.69) is 20.8 Å². The van der Waals surface area contributed by atoms with Gasteiger partial charge in [-0.05, 0) is 31.0 Å². The first kappa shape index (κ1) is 15.5. The van der Waals surface area contributed by atoms with Crippen molar-refractivity contribution < 1.29 is 9.90 Å². The first-order chi connectivity index (χ1) is 9.61. The number of hydrogen-bond donors (Lipinski definition) is 1. The molecule has 0 radical (unpaired) electrons. The van der Waals surface area contributed by atoms with Crippen molar-refractivity contribution in [2.24, 2.45) is 0 Å². The highest BCUT2D eigenvalue weighted by Crippen LogP contribution is 2.19. The number of halogens is 1. The Morgan fingerprint density at radius 3 is 2.95 bits per heavy atom. The Labute approximate surface area is 128 Å². The Kier molecular flexibility index (Phi) is 5.57. The molecule has 1 N–H and O–H groups in total. The van der Waals surface area contributed by atoms with Gasteiger partial charge in [-0.3, -0.25) is 9.69 Å². The van der Waals surface area contributed by atoms with Crippen LogP contribution in [0.5, 0.6) is 0 Å². The first-order valence-electron chi connectivity index (χ1n) is 6.94. The fraction of sp³-hybridized carbons (Fsp3) is 0.533. The molecule has 1 aliphatic heterocycles. The Hall–Kier alpha value is -0.910. The summed E-state index contributed by atoms with van der Waals surface area (Å²) < 4.78 is 1.02. The van der Waals surface area contributed by atoms with Crippen molar-refractivity contribution in [3.63, 3.8) is 0 Å². The van der Waals surface area contributed by atoms with Gasteiger partial charge in [-0.1, -0.05) is 34.1 Å². The predicted octanol–water partition coefficient (Wildman–Crippen LogP) is 1.86. The molecular formula is C15H21BrN2O2. The molecule has 110 valence electrons. The summed E-state index contributed by atoms with van der Waals surface area (Å²) in [6, 6.07) is 8.08. The minimum absolute atomic E-state index is 0.0982. The largest absolute Gasteiger partial charge is 0.395 e. The predicted molar refractivity (Wildman–Crippen MR) is 82.3 cm³/mol. The smallest absolute Gasteiger partial charge is 0.236 e. The zero-order chi connectivity index (χ0) is 14.5. The van der Waals surface area contributed by atoms with Crippen molar-refractivity contribution in [3.8, 4) is 0 Å². The summed E-state index contributed by atoms with van der Waals surface area (Å²) in [4.78, 5) is 16.1. The van der Waals surface area contributed by atoms with Gasteiger partial charge in [0.2, 0.25) is 5.91 Å². The molecule has 0 bridgehead atoms. The molecule has 0 spiro atoms. The van der Waals surface area contributed by atoms with Crippen molar-refractivity contribution in [2.45, 2.75) is 25.4 Å². The van der Waals surface area contributed by atoms with E-state index in [1.807, 2.05) is 31.3 Å². The standard InChI is InChI=1S/C15H21BrN2O2/c1-17(9-12-5-2-3-7-14(12)16)15(20)10-18-8-4-6-13(18)11-19/h2-3,5,7,13,19H,4,6,8-11H2,1H3/t13-/m1/s1. The van der Waals surface area contributed by atoms with E-state index in [1.165, 1.54) is 0 Å². The fourth-order valence-electron chi connectivity index (χ4n) is 2.57. The molecule has 4 nitrogen and oxygen atoms in total. The normalized spacial score (nSPS) is 19.2. The lowest BCUT2D eigenvalue weighted by atomic mass is 10.2. The van der Waals surface area contributed by atoms with E-state index in [1.54, 1.807) is 4.90 Å². The number of carbonyl (C=O) groups is 1. The highest BCUT2D eigenvalue weighted by molar-refractivity contribution is 9.10. The van der Waals surface area contributed by atoms with Crippen LogP contribution in [0.1, 0.15) is 18.4 Å². The number of benzene rings is 1. The molecule has 20 heavy (non-hydrogen) atoms. The SMILES string of the molecule is CN(Cc1ccccc1Br)C(=O)CN1CCC[C@@H]1CO. The Balaban J connectivity index is 1.91. The molecule has 2 rings (SSSR count). The molecule has 1 aliphatic rings. The van der Waals surface area contributed by atoms with Crippen molar-refractivity contribution in [1.82, 2.24) is 9.80 Å². The molecule has 1 aromatic rings. The van der Waals surface area contributed by atoms with Crippen LogP contribution in [0.4, 0.5) is 0 Å². The van der Waals surface area contributed by atoms with E-state index >= 15 is 0 Å². The van der Waals surface area contributed by atoms with Gasteiger partial charge < -0.3 is 10.0 Å². The minimum Gasteiger partial charge on any atom is -0.395 e. The van der Waals surface area contributed by atoms with E-state index < -0.39 is 0 Å². The molecule has 5 heteroatoms. The van der Waals surface area contributed by atoms with Crippen LogP contribution in [-0.2, 0) is 11.3 Å². The van der Waals surface area contributed by atoms with Gasteiger partial charge in [-0.2, -0.15) is 0 Å². The lowest BCUT2D eigenvalue weighted by Crippen LogP contribution is -2.41. The molecule has 0 unspecified atom stereocenters. The lowest BCUT2D eigenvalue weighted by Gasteiger charge is -2.25. The Morgan fingerprint density at radius 1 is 1.50 bits per heavy atom. The van der Waals surface area contributed by atoms with Crippen molar-refractivity contribution in [3.05, 3.63) is 34.3 Å². The summed E-state index contributed by atoms with van der Waals surface area (Å²) >= 11 is 3.50. The first-order valence-corrected chi connectivity index (χ1v) is 7.73. The van der Waals surface area contributed by atoms with Crippen LogP contribution in [0.3, 0.4) is 0 Å². The number of hydrogen-bond acceptors (Lipinski definition) is 3. The maximum absolute atomic E-state index is 12.3. The number of carbonyl (C=O) groups excluding carboxylic acids is 1. The van der Waals surface area contributed by atoms with E-state index in [0.29, 0.717) is 13.1 Å². The molecule has 0 aliphatic carbocycles. The average Bonchev–Trinajstić information content (AvgIpc) is 2.88. The topological polar surface area (TPSA) is 43.8 Å². The highest BCUT2D eigenvalue weighted by atomic mass is 79.9. The number of nitrogens with zero attached hydrogens (tertiary/aromatic N) is 2. The van der Waals surface area contributed by atoms with Gasteiger partial charge in [-0.25, -0.2) is 0 Å². The molecule has 0 aromatic heterocycles. The minimum atomic E-state index is 0.0982. The third kappa shape index (κ3) is 3.81. The zero-order valence-electron chi connectivity index (χ0n) is 11.8. The lowest BCUT2D eigenvalue weighted by molar-refractivity contribution is -0.132. The number of likely N-dealkylation sites (N-methyl/N-ethyl adjacent to an activating group) is 1. The summed E-state index contributed by atoms with van der Waals surface area (Å²) in [5.74, 6) is 0.0982. The third-order valence-corrected chi connectivity index (χ3v) is 4.61. The highest BCUT2D eigenvalue weighted by Gasteiger charge is 2.26. The summed E-state index contributed by atoms with van der Waals surface area (Å²) in [7, 11) is 1.83. The van der Waals surface area contributed by atoms with Gasteiger partial charge in [0.05, 0.1) is 13.2 Å². The molecule has 1 aromatic carbocycles. The van der Waals surface area contributed by atoms with Gasteiger partial charge in [0.15, 0.2) is 0 Å². The quantitative estimate of drug-likeness (QED) is 0.889. The Bertz CT molecular complexity index is 467. The second-order valence-electron chi connectivity index (χ2n) is 5.29. The van der Waals surface area contributed by atoms with Gasteiger partial charge in [0, 0.05) is 24.1 Å². The average molecular weight is 341 g/mol. The van der Waals surface area contributed by atoms with Crippen LogP contribution >= 0.6 is 15.9 Å². The van der Waals surface area contributed by atoms with Gasteiger partial charge in [0.25, 0.3) is 0 Å². The molecule has 0 saturated carbocycles. The van der Waals surface area contributed by atoms with Gasteiger partial charge >= 0.3 is 0 Å². The van der Waals surface area contributed by atoms with Gasteiger partial charge in [0.1, 0.15) is 0 Å². The second-order valence-corrected chi connectivity index (χ2v) is 6.14. The molecule has 1 atom stereocenters. The maximum Gasteiger partial charge on any atom is 0.236 e. The number of likely N-dealkylation sites (tertiary alicyclic amines) is 1. The maximum atomic E-state index is 12.3. The summed E-state index contributed by atoms with van der Waals surface area (Å²) in [6.07, 6.45) is 2.05. The van der Waals surface area contributed by atoms with Crippen molar-refractivity contribution >= 4 is 21.8 Å². The van der Waals surface area contributed by atoms with Crippen molar-refractivity contribution in [2.75, 3.05) is 26.7 Å². The Morgan fingerprint density at radius 2 is 2.25 bits per heavy atom. The van der Waals surface area contributed by atoms with Crippen LogP contribution in [0.2, 0.25) is 0 Å². The van der Waals surface area contributed by atoms with Crippen LogP contribution in [0.15, 0.2) is 28.7 Å². The van der Waals surface area contributed by atoms with Crippen LogP contribution in [0, 0.1) is 0 Å². The van der Waals surface area contributed by atoms with E-state index in [9.17, 15) is 9.90 Å². The van der Waals surface area contributed by atoms with Crippen LogP contribution in [0.25, 0.3) is 0 Å². The molecular weight excluding hydrogens is 320 g/mol. The van der Waals surface area contributed by atoms with E-state index in [0.717, 1.165) is 29.4 Å². The van der Waals surface area contributed by atoms with E-state index in [-0.39, 0.29) is 18.6 Å². The second kappa shape index (κ2) is 7.20. The third-order valence-electron chi connectivity index (χ3n) is 3.84. The molecule has 1 saturated heterocycles. The molecule has 1 amide bonds. The fourth-order valence-corrected chi connectivity index (χ4v) is 2.98. The molecule has 1 heterocycles. The number of aliphatic hydroxyl groups excluding tert-OH is 1. The summed E-state index contributed by atoms with van der Waals surface area (Å²) in [5.41, 5.74) is 1.10. The van der Waals surface area contributed by atoms with E-state index in [4.69, 9.17) is 0 Å². The monoisotopic (exact) mass is 340 g/mol. The number of rotatable bonds is 5. The summed E-state index contributed by atoms with van der Waals surface area (Å²) in [5, 5.41) is 9.29. The number of aliphatic hydroxyl groups is 1. The van der Waals surface area contributed by atoms with Crippen molar-refractivity contribution in [1.29, 1.82) is 0 Å². The van der Waals surface area contributed by atoms with Crippen LogP contribution in [-0.4, -0.2) is 53.6 Å². The summed E-state index contributed by atoms with van der Waals surface area (Å²) in [6.45, 7) is 2.03. The zero-order valence-corrected chi connectivity index (χ0v) is 13.3. The number of amides is 1. The van der Waals surface area contributed by atoms with Gasteiger partial charge in [-0.15, -0.1) is 0 Å². The molecule has 1 fully saturated rings. The van der Waals surface area contributed by atoms with Crippen LogP contribution < -0.4 is 0 Å².